The van der Waals surface area contributed by atoms with E-state index in [4.69, 9.17) is 0 Å². The van der Waals surface area contributed by atoms with Gasteiger partial charge < -0.3 is 5.32 Å². The molecule has 0 bridgehead atoms. The molecule has 2 aromatic rings. The molecule has 0 unspecified atom stereocenters. The number of pyridine rings is 1. The van der Waals surface area contributed by atoms with E-state index in [0.29, 0.717) is 5.69 Å². The van der Waals surface area contributed by atoms with Crippen LogP contribution in [-0.4, -0.2) is 5.91 Å². The van der Waals surface area contributed by atoms with Crippen molar-refractivity contribution in [1.29, 1.82) is 0 Å². The Hall–Kier alpha value is -2.23. The number of benzene rings is 1. The van der Waals surface area contributed by atoms with Crippen LogP contribution in [0.5, 0.6) is 0 Å². The minimum Gasteiger partial charge on any atom is -0.320 e. The number of hydrogen-bond donors (Lipinski definition) is 1. The number of nitrogens with zero attached hydrogens (tertiary/aromatic N) is 1. The van der Waals surface area contributed by atoms with Crippen LogP contribution in [0.2, 0.25) is 0 Å². The van der Waals surface area contributed by atoms with Crippen LogP contribution in [0.4, 0.5) is 10.1 Å². The molecule has 1 N–H and O–H groups in total. The summed E-state index contributed by atoms with van der Waals surface area (Å²) in [5, 5.41) is 2.81. The summed E-state index contributed by atoms with van der Waals surface area (Å²) in [6.07, 6.45) is 2.93. The number of carbonyl (C=O) groups excluding carboxylic acids is 1. The molecule has 4 heteroatoms. The molecule has 0 saturated heterocycles. The monoisotopic (exact) mass is 287 g/mol. The van der Waals surface area contributed by atoms with E-state index in [1.165, 1.54) is 17.7 Å². The normalized spacial score (nSPS) is 12.0. The lowest BCUT2D eigenvalue weighted by Gasteiger charge is -2.11. The molecular formula is C17H20FN2O+. The molecule has 1 aromatic heterocycles. The number of aromatic nitrogens is 1. The molecule has 2 rings (SSSR count). The van der Waals surface area contributed by atoms with Crippen molar-refractivity contribution in [3.63, 3.8) is 0 Å². The van der Waals surface area contributed by atoms with Crippen molar-refractivity contribution in [3.05, 3.63) is 59.7 Å². The van der Waals surface area contributed by atoms with E-state index in [1.807, 2.05) is 30.7 Å². The lowest BCUT2D eigenvalue weighted by atomic mass is 10.2. The summed E-state index contributed by atoms with van der Waals surface area (Å²) in [6, 6.07) is 9.52. The molecule has 0 aliphatic heterocycles. The van der Waals surface area contributed by atoms with Crippen molar-refractivity contribution in [2.45, 2.75) is 33.2 Å². The average Bonchev–Trinajstić information content (AvgIpc) is 2.49. The Morgan fingerprint density at radius 2 is 1.90 bits per heavy atom. The predicted octanol–water partition coefficient (Wildman–Crippen LogP) is 3.18. The van der Waals surface area contributed by atoms with Crippen LogP contribution >= 0.6 is 0 Å². The van der Waals surface area contributed by atoms with Crippen molar-refractivity contribution in [3.8, 4) is 0 Å². The summed E-state index contributed by atoms with van der Waals surface area (Å²) in [5.41, 5.74) is 2.80. The van der Waals surface area contributed by atoms with Crippen LogP contribution in [-0.2, 0) is 11.2 Å². The van der Waals surface area contributed by atoms with Gasteiger partial charge in [0.25, 0.3) is 5.91 Å². The molecule has 0 aliphatic carbocycles. The minimum absolute atomic E-state index is 0.122. The third kappa shape index (κ3) is 3.66. The van der Waals surface area contributed by atoms with Gasteiger partial charge in [-0.2, -0.15) is 4.57 Å². The van der Waals surface area contributed by atoms with E-state index in [9.17, 15) is 9.18 Å². The van der Waals surface area contributed by atoms with Crippen LogP contribution < -0.4 is 9.88 Å². The third-order valence-corrected chi connectivity index (χ3v) is 3.57. The second kappa shape index (κ2) is 6.48. The fourth-order valence-corrected chi connectivity index (χ4v) is 2.17. The van der Waals surface area contributed by atoms with E-state index in [1.54, 1.807) is 12.1 Å². The molecule has 1 atom stereocenters. The van der Waals surface area contributed by atoms with Crippen LogP contribution in [0.15, 0.2) is 42.6 Å². The molecule has 0 fully saturated rings. The van der Waals surface area contributed by atoms with E-state index in [0.717, 1.165) is 12.1 Å². The molecule has 0 saturated carbocycles. The van der Waals surface area contributed by atoms with Gasteiger partial charge in [0.05, 0.1) is 0 Å². The van der Waals surface area contributed by atoms with E-state index < -0.39 is 0 Å². The zero-order valence-electron chi connectivity index (χ0n) is 12.6. The van der Waals surface area contributed by atoms with Gasteiger partial charge in [-0.3, -0.25) is 4.79 Å². The van der Waals surface area contributed by atoms with Crippen molar-refractivity contribution in [2.75, 3.05) is 5.32 Å². The van der Waals surface area contributed by atoms with Gasteiger partial charge in [-0.1, -0.05) is 6.92 Å². The van der Waals surface area contributed by atoms with E-state index >= 15 is 0 Å². The number of amides is 1. The topological polar surface area (TPSA) is 33.0 Å². The summed E-state index contributed by atoms with van der Waals surface area (Å²) >= 11 is 0. The van der Waals surface area contributed by atoms with Gasteiger partial charge in [0.2, 0.25) is 6.04 Å². The van der Waals surface area contributed by atoms with E-state index in [-0.39, 0.29) is 17.8 Å². The van der Waals surface area contributed by atoms with Gasteiger partial charge in [-0.05, 0) is 36.8 Å². The highest BCUT2D eigenvalue weighted by Gasteiger charge is 2.24. The Bertz CT molecular complexity index is 638. The van der Waals surface area contributed by atoms with Gasteiger partial charge >= 0.3 is 0 Å². The maximum absolute atomic E-state index is 12.9. The van der Waals surface area contributed by atoms with E-state index in [2.05, 4.69) is 18.3 Å². The predicted molar refractivity (Wildman–Crippen MR) is 80.5 cm³/mol. The second-order valence-corrected chi connectivity index (χ2v) is 5.11. The largest absolute Gasteiger partial charge is 0.320 e. The molecule has 110 valence electrons. The third-order valence-electron chi connectivity index (χ3n) is 3.57. The van der Waals surface area contributed by atoms with Crippen molar-refractivity contribution >= 4 is 11.6 Å². The highest BCUT2D eigenvalue weighted by atomic mass is 19.1. The Labute approximate surface area is 124 Å². The SMILES string of the molecule is CCc1ccc(C)[n+]([C@H](C)C(=O)Nc2ccc(F)cc2)c1. The van der Waals surface area contributed by atoms with Crippen LogP contribution in [0.3, 0.4) is 0 Å². The molecule has 0 radical (unpaired) electrons. The summed E-state index contributed by atoms with van der Waals surface area (Å²) in [7, 11) is 0. The van der Waals surface area contributed by atoms with Crippen molar-refractivity contribution in [1.82, 2.24) is 0 Å². The standard InChI is InChI=1S/C17H19FN2O/c1-4-14-6-5-12(2)20(11-14)13(3)17(21)19-16-9-7-15(18)8-10-16/h5-11,13H,4H2,1-3H3/p+1/t13-/m1/s1. The van der Waals surface area contributed by atoms with Gasteiger partial charge in [0.1, 0.15) is 5.82 Å². The zero-order valence-corrected chi connectivity index (χ0v) is 12.6. The quantitative estimate of drug-likeness (QED) is 0.861. The van der Waals surface area contributed by atoms with Gasteiger partial charge in [0.15, 0.2) is 11.9 Å². The Morgan fingerprint density at radius 1 is 1.24 bits per heavy atom. The number of nitrogens with one attached hydrogen (secondary N) is 1. The van der Waals surface area contributed by atoms with Crippen LogP contribution in [0.1, 0.15) is 31.1 Å². The fourth-order valence-electron chi connectivity index (χ4n) is 2.17. The number of aryl methyl sites for hydroxylation is 2. The second-order valence-electron chi connectivity index (χ2n) is 5.11. The first kappa shape index (κ1) is 15.2. The first-order valence-corrected chi connectivity index (χ1v) is 7.08. The zero-order chi connectivity index (χ0) is 15.4. The molecular weight excluding hydrogens is 267 g/mol. The summed E-state index contributed by atoms with van der Waals surface area (Å²) < 4.78 is 14.8. The van der Waals surface area contributed by atoms with Crippen molar-refractivity contribution in [2.24, 2.45) is 0 Å². The number of halogens is 1. The van der Waals surface area contributed by atoms with Gasteiger partial charge in [0, 0.05) is 31.2 Å². The number of rotatable bonds is 4. The number of carbonyl (C=O) groups is 1. The summed E-state index contributed by atoms with van der Waals surface area (Å²) in [5.74, 6) is -0.440. The maximum atomic E-state index is 12.9. The summed E-state index contributed by atoms with van der Waals surface area (Å²) in [4.78, 5) is 12.3. The fraction of sp³-hybridized carbons (Fsp3) is 0.294. The highest BCUT2D eigenvalue weighted by Crippen LogP contribution is 2.11. The van der Waals surface area contributed by atoms with Crippen molar-refractivity contribution < 1.29 is 13.8 Å². The van der Waals surface area contributed by atoms with Gasteiger partial charge in [-0.15, -0.1) is 0 Å². The van der Waals surface area contributed by atoms with Crippen LogP contribution in [0, 0.1) is 12.7 Å². The molecule has 3 nitrogen and oxygen atoms in total. The Kier molecular flexibility index (Phi) is 4.68. The highest BCUT2D eigenvalue weighted by molar-refractivity contribution is 5.92. The molecule has 1 aromatic carbocycles. The lowest BCUT2D eigenvalue weighted by Crippen LogP contribution is -2.47. The number of anilines is 1. The maximum Gasteiger partial charge on any atom is 0.293 e. The molecule has 0 spiro atoms. The molecule has 0 aliphatic rings. The minimum atomic E-state index is -0.332. The Morgan fingerprint density at radius 3 is 2.52 bits per heavy atom. The molecule has 1 heterocycles. The lowest BCUT2D eigenvalue weighted by molar-refractivity contribution is -0.711. The first-order chi connectivity index (χ1) is 10.0. The first-order valence-electron chi connectivity index (χ1n) is 7.08. The van der Waals surface area contributed by atoms with Crippen LogP contribution in [0.25, 0.3) is 0 Å². The average molecular weight is 287 g/mol. The Balaban J connectivity index is 2.17. The summed E-state index contributed by atoms with van der Waals surface area (Å²) in [6.45, 7) is 5.91. The smallest absolute Gasteiger partial charge is 0.293 e. The number of hydrogen-bond acceptors (Lipinski definition) is 1. The molecule has 21 heavy (non-hydrogen) atoms. The molecule has 1 amide bonds. The van der Waals surface area contributed by atoms with Gasteiger partial charge in [-0.25, -0.2) is 4.39 Å².